The van der Waals surface area contributed by atoms with E-state index in [0.717, 1.165) is 13.1 Å². The van der Waals surface area contributed by atoms with E-state index in [0.29, 0.717) is 50.2 Å². The van der Waals surface area contributed by atoms with Gasteiger partial charge in [-0.1, -0.05) is 27.7 Å². The number of rotatable bonds is 4. The zero-order valence-electron chi connectivity index (χ0n) is 15.5. The van der Waals surface area contributed by atoms with Crippen molar-refractivity contribution in [2.45, 2.75) is 39.8 Å². The monoisotopic (exact) mass is 369 g/mol. The molecule has 0 saturated carbocycles. The zero-order chi connectivity index (χ0) is 18.0. The molecule has 25 heavy (non-hydrogen) atoms. The molecule has 0 radical (unpaired) electrons. The predicted octanol–water partition coefficient (Wildman–Crippen LogP) is 2.25. The zero-order valence-corrected chi connectivity index (χ0v) is 16.2. The summed E-state index contributed by atoms with van der Waals surface area (Å²) in [5.41, 5.74) is 0. The van der Waals surface area contributed by atoms with Crippen LogP contribution in [0.1, 0.15) is 27.7 Å². The molecule has 2 unspecified atom stereocenters. The van der Waals surface area contributed by atoms with Gasteiger partial charge in [0.1, 0.15) is 0 Å². The van der Waals surface area contributed by atoms with E-state index < -0.39 is 0 Å². The van der Waals surface area contributed by atoms with Crippen molar-refractivity contribution in [3.05, 3.63) is 5.28 Å². The minimum atomic E-state index is 0.239. The van der Waals surface area contributed by atoms with Crippen molar-refractivity contribution in [2.24, 2.45) is 11.8 Å². The number of anilines is 2. The third-order valence-electron chi connectivity index (χ3n) is 4.97. The molecule has 2 saturated heterocycles. The Labute approximate surface area is 154 Å². The third kappa shape index (κ3) is 4.15. The van der Waals surface area contributed by atoms with Gasteiger partial charge in [0.2, 0.25) is 17.2 Å². The Morgan fingerprint density at radius 2 is 1.28 bits per heavy atom. The normalized spacial score (nSPS) is 25.1. The van der Waals surface area contributed by atoms with Gasteiger partial charge in [-0.25, -0.2) is 0 Å². The van der Waals surface area contributed by atoms with Gasteiger partial charge in [0.05, 0.1) is 38.5 Å². The van der Waals surface area contributed by atoms with Crippen molar-refractivity contribution in [1.29, 1.82) is 0 Å². The van der Waals surface area contributed by atoms with E-state index in [9.17, 15) is 0 Å². The molecule has 3 heterocycles. The Balaban J connectivity index is 1.92. The van der Waals surface area contributed by atoms with Crippen LogP contribution < -0.4 is 9.80 Å². The van der Waals surface area contributed by atoms with Gasteiger partial charge in [-0.05, 0) is 23.4 Å². The van der Waals surface area contributed by atoms with Crippen LogP contribution in [0.2, 0.25) is 5.28 Å². The highest BCUT2D eigenvalue weighted by Crippen LogP contribution is 2.26. The van der Waals surface area contributed by atoms with E-state index in [2.05, 4.69) is 47.5 Å². The van der Waals surface area contributed by atoms with Gasteiger partial charge in [0, 0.05) is 13.1 Å². The van der Waals surface area contributed by atoms with E-state index >= 15 is 0 Å². The number of aromatic nitrogens is 3. The molecular weight excluding hydrogens is 342 g/mol. The fourth-order valence-electron chi connectivity index (χ4n) is 3.43. The smallest absolute Gasteiger partial charge is 0.231 e. The second-order valence-corrected chi connectivity index (χ2v) is 7.70. The largest absolute Gasteiger partial charge is 0.377 e. The molecule has 0 aromatic carbocycles. The van der Waals surface area contributed by atoms with Crippen molar-refractivity contribution in [1.82, 2.24) is 15.0 Å². The fourth-order valence-corrected chi connectivity index (χ4v) is 3.58. The first-order chi connectivity index (χ1) is 12.0. The summed E-state index contributed by atoms with van der Waals surface area (Å²) < 4.78 is 11.3. The maximum Gasteiger partial charge on any atom is 0.231 e. The summed E-state index contributed by atoms with van der Waals surface area (Å²) >= 11 is 6.26. The predicted molar refractivity (Wildman–Crippen MR) is 98.4 cm³/mol. The Kier molecular flexibility index (Phi) is 5.96. The van der Waals surface area contributed by atoms with Crippen LogP contribution in [0.15, 0.2) is 0 Å². The number of ether oxygens (including phenoxy) is 2. The molecule has 2 aliphatic heterocycles. The highest BCUT2D eigenvalue weighted by molar-refractivity contribution is 6.28. The van der Waals surface area contributed by atoms with Crippen LogP contribution >= 0.6 is 11.6 Å². The maximum absolute atomic E-state index is 6.26. The van der Waals surface area contributed by atoms with Crippen molar-refractivity contribution < 1.29 is 9.47 Å². The van der Waals surface area contributed by atoms with Gasteiger partial charge in [0.15, 0.2) is 0 Å². The molecule has 2 aliphatic rings. The molecule has 0 bridgehead atoms. The second kappa shape index (κ2) is 8.01. The summed E-state index contributed by atoms with van der Waals surface area (Å²) in [6, 6.07) is 0.483. The van der Waals surface area contributed by atoms with E-state index in [-0.39, 0.29) is 17.4 Å². The average molecular weight is 370 g/mol. The second-order valence-electron chi connectivity index (χ2n) is 7.36. The molecule has 1 aromatic rings. The fraction of sp³-hybridized carbons (Fsp3) is 0.824. The first kappa shape index (κ1) is 18.6. The highest BCUT2D eigenvalue weighted by atomic mass is 35.5. The Morgan fingerprint density at radius 1 is 0.840 bits per heavy atom. The van der Waals surface area contributed by atoms with E-state index in [1.165, 1.54) is 0 Å². The minimum absolute atomic E-state index is 0.239. The summed E-state index contributed by atoms with van der Waals surface area (Å²) in [4.78, 5) is 18.0. The number of halogens is 1. The standard InChI is InChI=1S/C17H28ClN5O2/c1-11(2)13-9-24-7-5-22(13)16-19-15(18)20-17(21-16)23-6-8-25-10-14(23)12(3)4/h11-14H,5-10H2,1-4H3. The summed E-state index contributed by atoms with van der Waals surface area (Å²) in [5.74, 6) is 2.16. The van der Waals surface area contributed by atoms with Crippen molar-refractivity contribution in [3.8, 4) is 0 Å². The van der Waals surface area contributed by atoms with Crippen LogP contribution in [-0.4, -0.2) is 66.6 Å². The molecule has 1 aromatic heterocycles. The van der Waals surface area contributed by atoms with Crippen LogP contribution in [0.25, 0.3) is 0 Å². The summed E-state index contributed by atoms with van der Waals surface area (Å²) in [6.07, 6.45) is 0. The molecule has 0 amide bonds. The van der Waals surface area contributed by atoms with Crippen LogP contribution in [-0.2, 0) is 9.47 Å². The van der Waals surface area contributed by atoms with Crippen molar-refractivity contribution in [2.75, 3.05) is 49.3 Å². The Morgan fingerprint density at radius 3 is 1.68 bits per heavy atom. The maximum atomic E-state index is 6.26. The van der Waals surface area contributed by atoms with Crippen LogP contribution in [0.5, 0.6) is 0 Å². The number of nitrogens with zero attached hydrogens (tertiary/aromatic N) is 5. The Hall–Kier alpha value is -1.18. The average Bonchev–Trinajstić information content (AvgIpc) is 2.61. The van der Waals surface area contributed by atoms with Gasteiger partial charge >= 0.3 is 0 Å². The summed E-state index contributed by atoms with van der Waals surface area (Å²) in [5, 5.41) is 0.239. The van der Waals surface area contributed by atoms with Crippen LogP contribution in [0, 0.1) is 11.8 Å². The third-order valence-corrected chi connectivity index (χ3v) is 5.14. The van der Waals surface area contributed by atoms with Crippen molar-refractivity contribution in [3.63, 3.8) is 0 Å². The topological polar surface area (TPSA) is 63.6 Å². The molecule has 2 atom stereocenters. The lowest BCUT2D eigenvalue weighted by atomic mass is 10.0. The molecular formula is C17H28ClN5O2. The van der Waals surface area contributed by atoms with Crippen molar-refractivity contribution >= 4 is 23.5 Å². The van der Waals surface area contributed by atoms with E-state index in [1.54, 1.807) is 0 Å². The molecule has 7 nitrogen and oxygen atoms in total. The van der Waals surface area contributed by atoms with Gasteiger partial charge in [0.25, 0.3) is 0 Å². The first-order valence-corrected chi connectivity index (χ1v) is 9.45. The summed E-state index contributed by atoms with van der Waals surface area (Å²) in [7, 11) is 0. The SMILES string of the molecule is CC(C)C1COCCN1c1nc(Cl)nc(N2CCOCC2C(C)C)n1. The molecule has 3 rings (SSSR count). The first-order valence-electron chi connectivity index (χ1n) is 9.07. The Bertz CT molecular complexity index is 540. The molecule has 0 aliphatic carbocycles. The lowest BCUT2D eigenvalue weighted by Gasteiger charge is -2.40. The molecule has 0 spiro atoms. The molecule has 2 fully saturated rings. The molecule has 140 valence electrons. The minimum Gasteiger partial charge on any atom is -0.377 e. The lowest BCUT2D eigenvalue weighted by molar-refractivity contribution is 0.0784. The van der Waals surface area contributed by atoms with E-state index in [1.807, 2.05) is 0 Å². The van der Waals surface area contributed by atoms with Gasteiger partial charge in [-0.15, -0.1) is 0 Å². The van der Waals surface area contributed by atoms with Gasteiger partial charge in [-0.3, -0.25) is 0 Å². The molecule has 0 N–H and O–H groups in total. The highest BCUT2D eigenvalue weighted by Gasteiger charge is 2.31. The summed E-state index contributed by atoms with van der Waals surface area (Å²) in [6.45, 7) is 13.0. The molecule has 8 heteroatoms. The van der Waals surface area contributed by atoms with Gasteiger partial charge in [-0.2, -0.15) is 15.0 Å². The number of morpholine rings is 2. The van der Waals surface area contributed by atoms with Crippen LogP contribution in [0.4, 0.5) is 11.9 Å². The number of hydrogen-bond donors (Lipinski definition) is 0. The van der Waals surface area contributed by atoms with E-state index in [4.69, 9.17) is 26.1 Å². The van der Waals surface area contributed by atoms with Crippen LogP contribution in [0.3, 0.4) is 0 Å². The quantitative estimate of drug-likeness (QED) is 0.806. The number of hydrogen-bond acceptors (Lipinski definition) is 7. The lowest BCUT2D eigenvalue weighted by Crippen LogP contribution is -2.51. The van der Waals surface area contributed by atoms with Gasteiger partial charge < -0.3 is 19.3 Å².